The van der Waals surface area contributed by atoms with Crippen LogP contribution in [0.1, 0.15) is 41.9 Å². The lowest BCUT2D eigenvalue weighted by Gasteiger charge is -2.42. The van der Waals surface area contributed by atoms with Crippen molar-refractivity contribution in [1.82, 2.24) is 9.80 Å². The molecule has 0 saturated carbocycles. The molecule has 0 N–H and O–H groups in total. The van der Waals surface area contributed by atoms with E-state index in [0.29, 0.717) is 5.41 Å². The Bertz CT molecular complexity index is 539. The highest BCUT2D eigenvalue weighted by Crippen LogP contribution is 2.40. The number of nitrogens with zero attached hydrogens (tertiary/aromatic N) is 2. The van der Waals surface area contributed by atoms with Crippen LogP contribution in [0.25, 0.3) is 0 Å². The zero-order chi connectivity index (χ0) is 16.4. The average Bonchev–Trinajstić information content (AvgIpc) is 3.15. The topological polar surface area (TPSA) is 15.7 Å². The molecular weight excluding hydrogens is 316 g/mol. The number of hydrogen-bond acceptors (Lipinski definition) is 4. The molecule has 0 aliphatic carbocycles. The minimum Gasteiger partial charge on any atom is -0.381 e. The molecule has 0 radical (unpaired) electrons. The van der Waals surface area contributed by atoms with Gasteiger partial charge in [-0.1, -0.05) is 0 Å². The van der Waals surface area contributed by atoms with Crippen LogP contribution < -0.4 is 0 Å². The van der Waals surface area contributed by atoms with Crippen molar-refractivity contribution in [2.24, 2.45) is 11.3 Å². The SMILES string of the molecule is Cc1ccc(CN2CCC3(CCCN(CC4CCOCC4)C3)C2)s1. The number of ether oxygens (including phenoxy) is 1. The molecule has 3 aliphatic rings. The van der Waals surface area contributed by atoms with Crippen molar-refractivity contribution in [2.45, 2.75) is 45.6 Å². The molecule has 3 fully saturated rings. The molecule has 4 heterocycles. The fourth-order valence-corrected chi connectivity index (χ4v) is 5.98. The van der Waals surface area contributed by atoms with E-state index in [0.717, 1.165) is 19.1 Å². The highest BCUT2D eigenvalue weighted by atomic mass is 32.1. The summed E-state index contributed by atoms with van der Waals surface area (Å²) in [5.41, 5.74) is 0.579. The third-order valence-electron chi connectivity index (χ3n) is 6.29. The predicted octanol–water partition coefficient (Wildman–Crippen LogP) is 3.77. The minimum atomic E-state index is 0.579. The molecule has 3 aliphatic heterocycles. The van der Waals surface area contributed by atoms with Crippen molar-refractivity contribution in [1.29, 1.82) is 0 Å². The van der Waals surface area contributed by atoms with Gasteiger partial charge in [-0.05, 0) is 75.6 Å². The maximum absolute atomic E-state index is 5.53. The van der Waals surface area contributed by atoms with Crippen molar-refractivity contribution in [2.75, 3.05) is 45.9 Å². The lowest BCUT2D eigenvalue weighted by molar-refractivity contribution is 0.0312. The second-order valence-electron chi connectivity index (χ2n) is 8.37. The van der Waals surface area contributed by atoms with Gasteiger partial charge in [0.05, 0.1) is 0 Å². The van der Waals surface area contributed by atoms with Crippen molar-refractivity contribution < 1.29 is 4.74 Å². The molecule has 1 aromatic heterocycles. The summed E-state index contributed by atoms with van der Waals surface area (Å²) in [6.07, 6.45) is 6.79. The minimum absolute atomic E-state index is 0.579. The zero-order valence-electron chi connectivity index (χ0n) is 15.1. The summed E-state index contributed by atoms with van der Waals surface area (Å²) >= 11 is 1.97. The molecule has 24 heavy (non-hydrogen) atoms. The van der Waals surface area contributed by atoms with Gasteiger partial charge < -0.3 is 9.64 Å². The Labute approximate surface area is 151 Å². The van der Waals surface area contributed by atoms with Crippen LogP contribution in [-0.2, 0) is 11.3 Å². The Morgan fingerprint density at radius 1 is 1.12 bits per heavy atom. The van der Waals surface area contributed by atoms with Crippen LogP contribution in [0.3, 0.4) is 0 Å². The fourth-order valence-electron chi connectivity index (χ4n) is 5.05. The van der Waals surface area contributed by atoms with Gasteiger partial charge in [0.2, 0.25) is 0 Å². The zero-order valence-corrected chi connectivity index (χ0v) is 16.0. The third-order valence-corrected chi connectivity index (χ3v) is 7.28. The quantitative estimate of drug-likeness (QED) is 0.824. The molecule has 3 nitrogen and oxygen atoms in total. The van der Waals surface area contributed by atoms with Crippen LogP contribution in [0.15, 0.2) is 12.1 Å². The molecule has 1 spiro atoms. The van der Waals surface area contributed by atoms with Gasteiger partial charge in [0.15, 0.2) is 0 Å². The molecule has 4 heteroatoms. The lowest BCUT2D eigenvalue weighted by atomic mass is 9.79. The summed E-state index contributed by atoms with van der Waals surface area (Å²) in [6, 6.07) is 4.59. The van der Waals surface area contributed by atoms with E-state index in [4.69, 9.17) is 4.74 Å². The van der Waals surface area contributed by atoms with Gasteiger partial charge >= 0.3 is 0 Å². The molecule has 0 amide bonds. The van der Waals surface area contributed by atoms with E-state index < -0.39 is 0 Å². The van der Waals surface area contributed by atoms with Crippen molar-refractivity contribution in [3.8, 4) is 0 Å². The van der Waals surface area contributed by atoms with Gasteiger partial charge in [0, 0.05) is 49.1 Å². The van der Waals surface area contributed by atoms with Crippen LogP contribution in [0.5, 0.6) is 0 Å². The number of thiophene rings is 1. The van der Waals surface area contributed by atoms with Gasteiger partial charge in [0.25, 0.3) is 0 Å². The van der Waals surface area contributed by atoms with Crippen molar-refractivity contribution >= 4 is 11.3 Å². The first-order chi connectivity index (χ1) is 11.7. The van der Waals surface area contributed by atoms with E-state index in [2.05, 4.69) is 28.9 Å². The second kappa shape index (κ2) is 7.45. The molecule has 1 atom stereocenters. The number of hydrogen-bond donors (Lipinski definition) is 0. The van der Waals surface area contributed by atoms with Gasteiger partial charge in [-0.2, -0.15) is 0 Å². The van der Waals surface area contributed by atoms with E-state index in [1.807, 2.05) is 11.3 Å². The van der Waals surface area contributed by atoms with E-state index >= 15 is 0 Å². The van der Waals surface area contributed by atoms with E-state index in [1.165, 1.54) is 76.2 Å². The Morgan fingerprint density at radius 2 is 1.96 bits per heavy atom. The molecule has 0 bridgehead atoms. The Hall–Kier alpha value is -0.420. The predicted molar refractivity (Wildman–Crippen MR) is 101 cm³/mol. The summed E-state index contributed by atoms with van der Waals surface area (Å²) in [6.45, 7) is 11.9. The number of rotatable bonds is 4. The molecule has 4 rings (SSSR count). The average molecular weight is 349 g/mol. The van der Waals surface area contributed by atoms with Crippen LogP contribution in [0.4, 0.5) is 0 Å². The molecule has 1 unspecified atom stereocenters. The van der Waals surface area contributed by atoms with E-state index in [1.54, 1.807) is 4.88 Å². The van der Waals surface area contributed by atoms with Crippen molar-refractivity contribution in [3.63, 3.8) is 0 Å². The van der Waals surface area contributed by atoms with Crippen LogP contribution in [0.2, 0.25) is 0 Å². The Kier molecular flexibility index (Phi) is 5.28. The van der Waals surface area contributed by atoms with Gasteiger partial charge in [0.1, 0.15) is 0 Å². The van der Waals surface area contributed by atoms with Gasteiger partial charge in [-0.15, -0.1) is 11.3 Å². The molecule has 0 aromatic carbocycles. The summed E-state index contributed by atoms with van der Waals surface area (Å²) < 4.78 is 5.53. The van der Waals surface area contributed by atoms with Crippen LogP contribution >= 0.6 is 11.3 Å². The largest absolute Gasteiger partial charge is 0.381 e. The van der Waals surface area contributed by atoms with E-state index in [9.17, 15) is 0 Å². The van der Waals surface area contributed by atoms with Crippen LogP contribution in [-0.4, -0.2) is 55.7 Å². The maximum Gasteiger partial charge on any atom is 0.0469 e. The summed E-state index contributed by atoms with van der Waals surface area (Å²) in [7, 11) is 0. The van der Waals surface area contributed by atoms with Gasteiger partial charge in [-0.25, -0.2) is 0 Å². The Morgan fingerprint density at radius 3 is 2.75 bits per heavy atom. The summed E-state index contributed by atoms with van der Waals surface area (Å²) in [4.78, 5) is 8.49. The standard InChI is InChI=1S/C20H32N2OS/c1-17-3-4-19(24-17)14-22-10-8-20(16-22)7-2-9-21(15-20)13-18-5-11-23-12-6-18/h3-4,18H,2,5-16H2,1H3. The van der Waals surface area contributed by atoms with Gasteiger partial charge in [-0.3, -0.25) is 4.90 Å². The maximum atomic E-state index is 5.53. The lowest BCUT2D eigenvalue weighted by Crippen LogP contribution is -2.46. The van der Waals surface area contributed by atoms with E-state index in [-0.39, 0.29) is 0 Å². The number of aryl methyl sites for hydroxylation is 1. The van der Waals surface area contributed by atoms with Crippen LogP contribution in [0, 0.1) is 18.3 Å². The highest BCUT2D eigenvalue weighted by molar-refractivity contribution is 7.11. The second-order valence-corrected chi connectivity index (χ2v) is 9.74. The van der Waals surface area contributed by atoms with Crippen molar-refractivity contribution in [3.05, 3.63) is 21.9 Å². The first-order valence-corrected chi connectivity index (χ1v) is 10.6. The molecule has 1 aromatic rings. The Balaban J connectivity index is 1.31. The first-order valence-electron chi connectivity index (χ1n) is 9.79. The highest BCUT2D eigenvalue weighted by Gasteiger charge is 2.41. The first kappa shape index (κ1) is 17.0. The number of likely N-dealkylation sites (tertiary alicyclic amines) is 2. The number of piperidine rings is 1. The normalized spacial score (nSPS) is 30.4. The monoisotopic (exact) mass is 348 g/mol. The molecular formula is C20H32N2OS. The third kappa shape index (κ3) is 4.04. The molecule has 134 valence electrons. The fraction of sp³-hybridized carbons (Fsp3) is 0.800. The smallest absolute Gasteiger partial charge is 0.0469 e. The molecule has 3 saturated heterocycles. The summed E-state index contributed by atoms with van der Waals surface area (Å²) in [5, 5.41) is 0. The summed E-state index contributed by atoms with van der Waals surface area (Å²) in [5.74, 6) is 0.875.